The topological polar surface area (TPSA) is 54.5 Å². The first kappa shape index (κ1) is 8.91. The first-order valence-electron chi connectivity index (χ1n) is 3.88. The monoisotopic (exact) mass is 248 g/mol. The lowest BCUT2D eigenvalue weighted by Gasteiger charge is -2.02. The van der Waals surface area contributed by atoms with Gasteiger partial charge in [-0.25, -0.2) is 0 Å². The van der Waals surface area contributed by atoms with E-state index in [1.807, 2.05) is 12.1 Å². The Bertz CT molecular complexity index is 484. The SMILES string of the molecule is N#Cc1c(Br)cccc1-n1nccn1. The Morgan fingerprint density at radius 1 is 1.29 bits per heavy atom. The molecule has 0 aliphatic carbocycles. The first-order valence-corrected chi connectivity index (χ1v) is 4.67. The maximum Gasteiger partial charge on any atom is 0.105 e. The molecule has 0 unspecified atom stereocenters. The van der Waals surface area contributed by atoms with Gasteiger partial charge in [0.15, 0.2) is 0 Å². The normalized spacial score (nSPS) is 9.71. The summed E-state index contributed by atoms with van der Waals surface area (Å²) >= 11 is 3.30. The minimum atomic E-state index is 0.531. The number of hydrogen-bond acceptors (Lipinski definition) is 3. The third-order valence-electron chi connectivity index (χ3n) is 1.74. The zero-order valence-electron chi connectivity index (χ0n) is 7.05. The minimum Gasteiger partial charge on any atom is -0.192 e. The van der Waals surface area contributed by atoms with Crippen LogP contribution in [0.15, 0.2) is 35.1 Å². The fourth-order valence-corrected chi connectivity index (χ4v) is 1.57. The third-order valence-corrected chi connectivity index (χ3v) is 2.40. The van der Waals surface area contributed by atoms with Gasteiger partial charge in [-0.15, -0.1) is 0 Å². The maximum atomic E-state index is 8.95. The summed E-state index contributed by atoms with van der Waals surface area (Å²) in [5, 5.41) is 16.9. The van der Waals surface area contributed by atoms with Crippen LogP contribution >= 0.6 is 15.9 Å². The Hall–Kier alpha value is -1.67. The molecule has 1 aromatic carbocycles. The molecule has 0 N–H and O–H groups in total. The van der Waals surface area contributed by atoms with Crippen LogP contribution in [0.2, 0.25) is 0 Å². The lowest BCUT2D eigenvalue weighted by atomic mass is 10.2. The highest BCUT2D eigenvalue weighted by molar-refractivity contribution is 9.10. The number of halogens is 1. The molecule has 0 saturated carbocycles. The molecule has 0 amide bonds. The molecule has 0 radical (unpaired) electrons. The molecular weight excluding hydrogens is 244 g/mol. The van der Waals surface area contributed by atoms with Crippen molar-refractivity contribution < 1.29 is 0 Å². The lowest BCUT2D eigenvalue weighted by Crippen LogP contribution is -2.01. The van der Waals surface area contributed by atoms with E-state index in [0.29, 0.717) is 11.3 Å². The van der Waals surface area contributed by atoms with Crippen LogP contribution in [0.4, 0.5) is 0 Å². The van der Waals surface area contributed by atoms with Crippen LogP contribution in [0.3, 0.4) is 0 Å². The molecule has 0 atom stereocenters. The van der Waals surface area contributed by atoms with Gasteiger partial charge >= 0.3 is 0 Å². The summed E-state index contributed by atoms with van der Waals surface area (Å²) in [5.41, 5.74) is 1.20. The number of benzene rings is 1. The predicted octanol–water partition coefficient (Wildman–Crippen LogP) is 1.90. The highest BCUT2D eigenvalue weighted by Crippen LogP contribution is 2.21. The van der Waals surface area contributed by atoms with Crippen LogP contribution in [0, 0.1) is 11.3 Å². The van der Waals surface area contributed by atoms with Crippen molar-refractivity contribution in [3.8, 4) is 11.8 Å². The van der Waals surface area contributed by atoms with Crippen molar-refractivity contribution in [2.75, 3.05) is 0 Å². The molecule has 2 rings (SSSR count). The van der Waals surface area contributed by atoms with Gasteiger partial charge in [0, 0.05) is 4.47 Å². The smallest absolute Gasteiger partial charge is 0.105 e. The molecule has 0 saturated heterocycles. The van der Waals surface area contributed by atoms with Gasteiger partial charge in [-0.3, -0.25) is 0 Å². The Balaban J connectivity index is 2.66. The van der Waals surface area contributed by atoms with Crippen LogP contribution < -0.4 is 0 Å². The zero-order chi connectivity index (χ0) is 9.97. The fraction of sp³-hybridized carbons (Fsp3) is 0. The summed E-state index contributed by atoms with van der Waals surface area (Å²) in [6.07, 6.45) is 3.14. The van der Waals surface area contributed by atoms with E-state index in [4.69, 9.17) is 5.26 Å². The summed E-state index contributed by atoms with van der Waals surface area (Å²) in [6, 6.07) is 7.55. The lowest BCUT2D eigenvalue weighted by molar-refractivity contribution is 0.749. The van der Waals surface area contributed by atoms with Gasteiger partial charge in [-0.1, -0.05) is 6.07 Å². The quantitative estimate of drug-likeness (QED) is 0.775. The Kier molecular flexibility index (Phi) is 2.29. The van der Waals surface area contributed by atoms with Crippen molar-refractivity contribution in [3.63, 3.8) is 0 Å². The predicted molar refractivity (Wildman–Crippen MR) is 53.8 cm³/mol. The second kappa shape index (κ2) is 3.60. The summed E-state index contributed by atoms with van der Waals surface area (Å²) in [7, 11) is 0. The number of rotatable bonds is 1. The maximum absolute atomic E-state index is 8.95. The van der Waals surface area contributed by atoms with Gasteiger partial charge in [0.25, 0.3) is 0 Å². The highest BCUT2D eigenvalue weighted by atomic mass is 79.9. The molecule has 2 aromatic rings. The third kappa shape index (κ3) is 1.40. The van der Waals surface area contributed by atoms with Crippen molar-refractivity contribution in [2.45, 2.75) is 0 Å². The number of hydrogen-bond donors (Lipinski definition) is 0. The van der Waals surface area contributed by atoms with E-state index >= 15 is 0 Å². The standard InChI is InChI=1S/C9H5BrN4/c10-8-2-1-3-9(7(8)6-11)14-12-4-5-13-14/h1-5H. The Labute approximate surface area is 88.9 Å². The van der Waals surface area contributed by atoms with Gasteiger partial charge in [-0.2, -0.15) is 20.3 Å². The van der Waals surface area contributed by atoms with E-state index in [-0.39, 0.29) is 0 Å². The molecule has 0 aliphatic rings. The molecule has 1 aromatic heterocycles. The van der Waals surface area contributed by atoms with Gasteiger partial charge in [-0.05, 0) is 28.1 Å². The van der Waals surface area contributed by atoms with E-state index in [2.05, 4.69) is 32.2 Å². The molecular formula is C9H5BrN4. The van der Waals surface area contributed by atoms with E-state index in [1.54, 1.807) is 18.5 Å². The van der Waals surface area contributed by atoms with Crippen LogP contribution in [-0.4, -0.2) is 15.0 Å². The van der Waals surface area contributed by atoms with Crippen molar-refractivity contribution in [1.29, 1.82) is 5.26 Å². The number of nitriles is 1. The van der Waals surface area contributed by atoms with E-state index in [1.165, 1.54) is 4.80 Å². The van der Waals surface area contributed by atoms with Crippen molar-refractivity contribution in [1.82, 2.24) is 15.0 Å². The number of aromatic nitrogens is 3. The van der Waals surface area contributed by atoms with E-state index in [0.717, 1.165) is 4.47 Å². The summed E-state index contributed by atoms with van der Waals surface area (Å²) < 4.78 is 0.745. The van der Waals surface area contributed by atoms with E-state index in [9.17, 15) is 0 Å². The van der Waals surface area contributed by atoms with E-state index < -0.39 is 0 Å². The fourth-order valence-electron chi connectivity index (χ4n) is 1.13. The van der Waals surface area contributed by atoms with Crippen molar-refractivity contribution in [2.24, 2.45) is 0 Å². The second-order valence-electron chi connectivity index (χ2n) is 2.56. The summed E-state index contributed by atoms with van der Waals surface area (Å²) in [4.78, 5) is 1.42. The van der Waals surface area contributed by atoms with Crippen LogP contribution in [-0.2, 0) is 0 Å². The van der Waals surface area contributed by atoms with Crippen molar-refractivity contribution in [3.05, 3.63) is 40.6 Å². The van der Waals surface area contributed by atoms with Crippen LogP contribution in [0.5, 0.6) is 0 Å². The molecule has 1 heterocycles. The van der Waals surface area contributed by atoms with Crippen molar-refractivity contribution >= 4 is 15.9 Å². The van der Waals surface area contributed by atoms with Crippen LogP contribution in [0.25, 0.3) is 5.69 Å². The Morgan fingerprint density at radius 3 is 2.64 bits per heavy atom. The molecule has 0 spiro atoms. The largest absolute Gasteiger partial charge is 0.192 e. The van der Waals surface area contributed by atoms with Crippen LogP contribution in [0.1, 0.15) is 5.56 Å². The van der Waals surface area contributed by atoms with Gasteiger partial charge in [0.05, 0.1) is 18.0 Å². The molecule has 0 bridgehead atoms. The number of nitrogens with zero attached hydrogens (tertiary/aromatic N) is 4. The molecule has 4 nitrogen and oxygen atoms in total. The molecule has 14 heavy (non-hydrogen) atoms. The molecule has 0 aliphatic heterocycles. The average molecular weight is 249 g/mol. The van der Waals surface area contributed by atoms with Gasteiger partial charge in [0.2, 0.25) is 0 Å². The molecule has 0 fully saturated rings. The minimum absolute atomic E-state index is 0.531. The van der Waals surface area contributed by atoms with Gasteiger partial charge < -0.3 is 0 Å². The van der Waals surface area contributed by atoms with Gasteiger partial charge in [0.1, 0.15) is 11.8 Å². The first-order chi connectivity index (χ1) is 6.83. The Morgan fingerprint density at radius 2 is 2.00 bits per heavy atom. The molecule has 5 heteroatoms. The average Bonchev–Trinajstić information content (AvgIpc) is 2.70. The molecule has 68 valence electrons. The second-order valence-corrected chi connectivity index (χ2v) is 3.42. The zero-order valence-corrected chi connectivity index (χ0v) is 8.64. The highest BCUT2D eigenvalue weighted by Gasteiger charge is 2.08. The summed E-state index contributed by atoms with van der Waals surface area (Å²) in [5.74, 6) is 0. The summed E-state index contributed by atoms with van der Waals surface area (Å²) in [6.45, 7) is 0.